The topological polar surface area (TPSA) is 12.9 Å². The zero-order chi connectivity index (χ0) is 7.56. The van der Waals surface area contributed by atoms with Crippen LogP contribution >= 0.6 is 54.5 Å². The Morgan fingerprint density at radius 2 is 2.20 bits per heavy atom. The lowest BCUT2D eigenvalue weighted by atomic mass is 10.3. The van der Waals surface area contributed by atoms with Gasteiger partial charge in [0.15, 0.2) is 0 Å². The van der Waals surface area contributed by atoms with Crippen LogP contribution in [-0.4, -0.2) is 4.98 Å². The van der Waals surface area contributed by atoms with Crippen LogP contribution in [0.15, 0.2) is 18.5 Å². The van der Waals surface area contributed by atoms with Crippen LogP contribution in [0.1, 0.15) is 9.30 Å². The summed E-state index contributed by atoms with van der Waals surface area (Å²) in [5.74, 6) is 0. The van der Waals surface area contributed by atoms with Crippen molar-refractivity contribution in [3.05, 3.63) is 27.6 Å². The lowest BCUT2D eigenvalue weighted by Crippen LogP contribution is -1.86. The number of hydrogen-bond acceptors (Lipinski definition) is 1. The van der Waals surface area contributed by atoms with E-state index in [2.05, 4.69) is 59.4 Å². The maximum Gasteiger partial charge on any atom is 0.0957 e. The molecule has 54 valence electrons. The molecule has 0 amide bonds. The summed E-state index contributed by atoms with van der Waals surface area (Å²) in [6.45, 7) is 0. The Kier molecular flexibility index (Phi) is 3.59. The Morgan fingerprint density at radius 1 is 1.50 bits per heavy atom. The third-order valence-electron chi connectivity index (χ3n) is 1.04. The average Bonchev–Trinajstić information content (AvgIpc) is 1.88. The quantitative estimate of drug-likeness (QED) is 0.540. The van der Waals surface area contributed by atoms with Crippen LogP contribution in [0.4, 0.5) is 0 Å². The molecule has 0 aliphatic heterocycles. The molecule has 0 unspecified atom stereocenters. The minimum atomic E-state index is 0.231. The van der Waals surface area contributed by atoms with Crippen molar-refractivity contribution in [2.45, 2.75) is 3.74 Å². The van der Waals surface area contributed by atoms with Crippen LogP contribution in [0.25, 0.3) is 0 Å². The Bertz CT molecular complexity index is 227. The molecule has 0 aliphatic rings. The van der Waals surface area contributed by atoms with Crippen LogP contribution in [0.5, 0.6) is 0 Å². The molecule has 1 nitrogen and oxygen atoms in total. The number of alkyl halides is 2. The summed E-state index contributed by atoms with van der Waals surface area (Å²) in [7, 11) is 0. The van der Waals surface area contributed by atoms with Crippen molar-refractivity contribution in [3.8, 4) is 0 Å². The van der Waals surface area contributed by atoms with Crippen molar-refractivity contribution in [1.82, 2.24) is 4.98 Å². The predicted molar refractivity (Wildman–Crippen MR) is 57.5 cm³/mol. The van der Waals surface area contributed by atoms with Gasteiger partial charge in [-0.3, -0.25) is 4.98 Å². The fourth-order valence-corrected chi connectivity index (χ4v) is 2.87. The summed E-state index contributed by atoms with van der Waals surface area (Å²) in [6.07, 6.45) is 3.62. The van der Waals surface area contributed by atoms with E-state index in [-0.39, 0.29) is 3.74 Å². The highest BCUT2D eigenvalue weighted by Gasteiger charge is 2.04. The van der Waals surface area contributed by atoms with Gasteiger partial charge in [0, 0.05) is 16.0 Å². The molecule has 0 N–H and O–H groups in total. The molecule has 1 aromatic rings. The second kappa shape index (κ2) is 4.01. The van der Waals surface area contributed by atoms with E-state index in [9.17, 15) is 0 Å². The van der Waals surface area contributed by atoms with Crippen molar-refractivity contribution in [3.63, 3.8) is 0 Å². The van der Waals surface area contributed by atoms with Crippen molar-refractivity contribution in [2.75, 3.05) is 0 Å². The zero-order valence-electron chi connectivity index (χ0n) is 4.89. The van der Waals surface area contributed by atoms with Gasteiger partial charge in [0.25, 0.3) is 0 Å². The Morgan fingerprint density at radius 3 is 2.60 bits per heavy atom. The normalized spacial score (nSPS) is 10.4. The molecule has 10 heavy (non-hydrogen) atoms. The number of pyridine rings is 1. The molecule has 1 heterocycles. The van der Waals surface area contributed by atoms with Crippen molar-refractivity contribution in [1.29, 1.82) is 0 Å². The molecule has 1 rings (SSSR count). The highest BCUT2D eigenvalue weighted by Crippen LogP contribution is 2.31. The van der Waals surface area contributed by atoms with Gasteiger partial charge in [-0.1, -0.05) is 31.9 Å². The number of rotatable bonds is 1. The zero-order valence-corrected chi connectivity index (χ0v) is 10.2. The van der Waals surface area contributed by atoms with Gasteiger partial charge < -0.3 is 0 Å². The predicted octanol–water partition coefficient (Wildman–Crippen LogP) is 3.47. The molecular formula is C6H4Br2IN. The summed E-state index contributed by atoms with van der Waals surface area (Å²) in [6, 6.07) is 1.98. The minimum Gasteiger partial charge on any atom is -0.264 e. The first kappa shape index (κ1) is 8.93. The van der Waals surface area contributed by atoms with E-state index in [1.165, 1.54) is 9.13 Å². The summed E-state index contributed by atoms with van der Waals surface area (Å²) >= 11 is 9.09. The van der Waals surface area contributed by atoms with Crippen molar-refractivity contribution >= 4 is 54.5 Å². The molecule has 0 saturated carbocycles. The first-order chi connectivity index (χ1) is 4.72. The van der Waals surface area contributed by atoms with E-state index in [1.54, 1.807) is 6.20 Å². The standard InChI is InChI=1S/C6H4Br2IN/c7-6(8)4-1-2-10-3-5(4)9/h1-3,6H. The van der Waals surface area contributed by atoms with Gasteiger partial charge in [-0.05, 0) is 34.2 Å². The fraction of sp³-hybridized carbons (Fsp3) is 0.167. The van der Waals surface area contributed by atoms with Crippen molar-refractivity contribution < 1.29 is 0 Å². The monoisotopic (exact) mass is 375 g/mol. The Balaban J connectivity index is 3.03. The molecule has 0 spiro atoms. The number of nitrogens with zero attached hydrogens (tertiary/aromatic N) is 1. The molecule has 0 atom stereocenters. The lowest BCUT2D eigenvalue weighted by molar-refractivity contribution is 1.24. The third-order valence-corrected chi connectivity index (χ3v) is 2.93. The summed E-state index contributed by atoms with van der Waals surface area (Å²) < 4.78 is 1.40. The largest absolute Gasteiger partial charge is 0.264 e. The third kappa shape index (κ3) is 2.17. The lowest BCUT2D eigenvalue weighted by Gasteiger charge is -2.02. The summed E-state index contributed by atoms with van der Waals surface area (Å²) in [5, 5.41) is 0. The minimum absolute atomic E-state index is 0.231. The van der Waals surface area contributed by atoms with Gasteiger partial charge in [0.2, 0.25) is 0 Å². The maximum atomic E-state index is 3.98. The Hall–Kier alpha value is 0.840. The van der Waals surface area contributed by atoms with E-state index in [4.69, 9.17) is 0 Å². The van der Waals surface area contributed by atoms with Crippen LogP contribution in [0, 0.1) is 3.57 Å². The van der Waals surface area contributed by atoms with Gasteiger partial charge >= 0.3 is 0 Å². The smallest absolute Gasteiger partial charge is 0.0957 e. The van der Waals surface area contributed by atoms with E-state index < -0.39 is 0 Å². The molecule has 0 aromatic carbocycles. The van der Waals surface area contributed by atoms with E-state index in [0.717, 1.165) is 0 Å². The fourth-order valence-electron chi connectivity index (χ4n) is 0.563. The number of hydrogen-bond donors (Lipinski definition) is 0. The first-order valence-corrected chi connectivity index (χ1v) is 5.50. The van der Waals surface area contributed by atoms with Gasteiger partial charge in [-0.25, -0.2) is 0 Å². The molecular weight excluding hydrogens is 373 g/mol. The first-order valence-electron chi connectivity index (χ1n) is 2.59. The van der Waals surface area contributed by atoms with E-state index in [0.29, 0.717) is 0 Å². The van der Waals surface area contributed by atoms with Crippen LogP contribution in [0.2, 0.25) is 0 Å². The van der Waals surface area contributed by atoms with E-state index >= 15 is 0 Å². The molecule has 4 heteroatoms. The molecule has 0 fully saturated rings. The van der Waals surface area contributed by atoms with Crippen LogP contribution < -0.4 is 0 Å². The van der Waals surface area contributed by atoms with Gasteiger partial charge in [0.05, 0.1) is 3.74 Å². The summed E-state index contributed by atoms with van der Waals surface area (Å²) in [4.78, 5) is 3.98. The number of aromatic nitrogens is 1. The molecule has 0 bridgehead atoms. The van der Waals surface area contributed by atoms with Crippen LogP contribution in [0.3, 0.4) is 0 Å². The molecule has 1 aromatic heterocycles. The van der Waals surface area contributed by atoms with Gasteiger partial charge in [-0.2, -0.15) is 0 Å². The molecule has 0 aliphatic carbocycles. The van der Waals surface area contributed by atoms with Gasteiger partial charge in [-0.15, -0.1) is 0 Å². The average molecular weight is 377 g/mol. The highest BCUT2D eigenvalue weighted by atomic mass is 127. The van der Waals surface area contributed by atoms with Crippen LogP contribution in [-0.2, 0) is 0 Å². The van der Waals surface area contributed by atoms with Gasteiger partial charge in [0.1, 0.15) is 0 Å². The Labute approximate surface area is 90.0 Å². The molecule has 0 radical (unpaired) electrons. The van der Waals surface area contributed by atoms with E-state index in [1.807, 2.05) is 12.3 Å². The second-order valence-corrected chi connectivity index (χ2v) is 5.92. The highest BCUT2D eigenvalue weighted by molar-refractivity contribution is 14.1. The maximum absolute atomic E-state index is 3.98. The number of halogens is 3. The second-order valence-electron chi connectivity index (χ2n) is 1.70. The molecule has 0 saturated heterocycles. The van der Waals surface area contributed by atoms with Crippen molar-refractivity contribution in [2.24, 2.45) is 0 Å². The summed E-state index contributed by atoms with van der Waals surface area (Å²) in [5.41, 5.74) is 1.22. The SMILES string of the molecule is BrC(Br)c1ccncc1I.